The first-order valence-electron chi connectivity index (χ1n) is 7.66. The van der Waals surface area contributed by atoms with E-state index in [2.05, 4.69) is 43.1 Å². The van der Waals surface area contributed by atoms with Crippen LogP contribution in [0.3, 0.4) is 0 Å². The summed E-state index contributed by atoms with van der Waals surface area (Å²) in [7, 11) is 0. The Kier molecular flexibility index (Phi) is 3.16. The van der Waals surface area contributed by atoms with Crippen LogP contribution in [0.2, 0.25) is 0 Å². The van der Waals surface area contributed by atoms with Gasteiger partial charge in [0.05, 0.1) is 0 Å². The second-order valence-electron chi connectivity index (χ2n) is 5.73. The molecule has 0 unspecified atom stereocenters. The van der Waals surface area contributed by atoms with Crippen LogP contribution in [0.5, 0.6) is 0 Å². The molecule has 3 aromatic carbocycles. The third kappa shape index (κ3) is 2.38. The third-order valence-electron chi connectivity index (χ3n) is 4.08. The van der Waals surface area contributed by atoms with Crippen molar-refractivity contribution in [2.45, 2.75) is 6.92 Å². The molecular formula is C21H17NO. The van der Waals surface area contributed by atoms with Crippen LogP contribution in [0.1, 0.15) is 11.1 Å². The predicted molar refractivity (Wildman–Crippen MR) is 98.3 cm³/mol. The van der Waals surface area contributed by atoms with Crippen molar-refractivity contribution in [3.05, 3.63) is 78.4 Å². The van der Waals surface area contributed by atoms with E-state index in [1.807, 2.05) is 42.5 Å². The maximum Gasteiger partial charge on any atom is 0.135 e. The number of rotatable bonds is 3. The monoisotopic (exact) mass is 299 g/mol. The fourth-order valence-electron chi connectivity index (χ4n) is 2.91. The molecule has 1 heterocycles. The summed E-state index contributed by atoms with van der Waals surface area (Å²) in [6, 6.07) is 20.6. The summed E-state index contributed by atoms with van der Waals surface area (Å²) in [6.07, 6.45) is 1.86. The standard InChI is InChI=1S/C21H17NO/c1-3-15-6-4-5-7-19(15)22-16-9-11-21-18(13-16)17-12-14(2)8-10-20(17)23-21/h3-13,22H,1H2,2H3. The van der Waals surface area contributed by atoms with E-state index in [0.29, 0.717) is 0 Å². The topological polar surface area (TPSA) is 25.2 Å². The van der Waals surface area contributed by atoms with Crippen molar-refractivity contribution in [2.24, 2.45) is 0 Å². The van der Waals surface area contributed by atoms with Gasteiger partial charge in [-0.2, -0.15) is 0 Å². The molecule has 1 N–H and O–H groups in total. The molecule has 0 radical (unpaired) electrons. The van der Waals surface area contributed by atoms with Crippen molar-refractivity contribution in [1.29, 1.82) is 0 Å². The first-order chi connectivity index (χ1) is 11.2. The molecule has 0 saturated heterocycles. The molecule has 0 amide bonds. The minimum Gasteiger partial charge on any atom is -0.456 e. The minimum absolute atomic E-state index is 0.910. The molecular weight excluding hydrogens is 282 g/mol. The van der Waals surface area contributed by atoms with Crippen LogP contribution in [-0.2, 0) is 0 Å². The summed E-state index contributed by atoms with van der Waals surface area (Å²) >= 11 is 0. The number of para-hydroxylation sites is 1. The molecule has 112 valence electrons. The Hall–Kier alpha value is -3.00. The molecule has 1 aromatic heterocycles. The largest absolute Gasteiger partial charge is 0.456 e. The molecule has 0 aliphatic heterocycles. The van der Waals surface area contributed by atoms with E-state index in [9.17, 15) is 0 Å². The lowest BCUT2D eigenvalue weighted by Crippen LogP contribution is -1.92. The molecule has 23 heavy (non-hydrogen) atoms. The van der Waals surface area contributed by atoms with Gasteiger partial charge < -0.3 is 9.73 Å². The summed E-state index contributed by atoms with van der Waals surface area (Å²) in [6.45, 7) is 5.97. The molecule has 0 aliphatic rings. The van der Waals surface area contributed by atoms with Crippen LogP contribution in [0, 0.1) is 6.92 Å². The number of aryl methyl sites for hydroxylation is 1. The van der Waals surface area contributed by atoms with Gasteiger partial charge in [-0.1, -0.05) is 42.5 Å². The average molecular weight is 299 g/mol. The highest BCUT2D eigenvalue weighted by molar-refractivity contribution is 6.06. The normalized spacial score (nSPS) is 11.0. The Bertz CT molecular complexity index is 1030. The zero-order valence-electron chi connectivity index (χ0n) is 13.0. The Balaban J connectivity index is 1.83. The molecule has 2 heteroatoms. The van der Waals surface area contributed by atoms with E-state index in [-0.39, 0.29) is 0 Å². The number of hydrogen-bond acceptors (Lipinski definition) is 2. The molecule has 0 bridgehead atoms. The van der Waals surface area contributed by atoms with Gasteiger partial charge in [-0.25, -0.2) is 0 Å². The lowest BCUT2D eigenvalue weighted by Gasteiger charge is -2.09. The van der Waals surface area contributed by atoms with Crippen LogP contribution < -0.4 is 5.32 Å². The van der Waals surface area contributed by atoms with Crippen molar-refractivity contribution in [2.75, 3.05) is 5.32 Å². The van der Waals surface area contributed by atoms with Crippen molar-refractivity contribution >= 4 is 39.4 Å². The number of hydrogen-bond donors (Lipinski definition) is 1. The first-order valence-corrected chi connectivity index (χ1v) is 7.66. The van der Waals surface area contributed by atoms with Crippen LogP contribution in [0.25, 0.3) is 28.0 Å². The summed E-state index contributed by atoms with van der Waals surface area (Å²) < 4.78 is 5.91. The van der Waals surface area contributed by atoms with E-state index in [1.54, 1.807) is 0 Å². The molecule has 0 atom stereocenters. The van der Waals surface area contributed by atoms with Crippen LogP contribution in [0.4, 0.5) is 11.4 Å². The zero-order valence-corrected chi connectivity index (χ0v) is 13.0. The van der Waals surface area contributed by atoms with Gasteiger partial charge in [0, 0.05) is 22.1 Å². The fourth-order valence-corrected chi connectivity index (χ4v) is 2.91. The van der Waals surface area contributed by atoms with Crippen molar-refractivity contribution in [1.82, 2.24) is 0 Å². The second-order valence-corrected chi connectivity index (χ2v) is 5.73. The van der Waals surface area contributed by atoms with Gasteiger partial charge in [-0.05, 0) is 48.9 Å². The summed E-state index contributed by atoms with van der Waals surface area (Å²) in [5.41, 5.74) is 6.24. The van der Waals surface area contributed by atoms with Gasteiger partial charge in [0.1, 0.15) is 11.2 Å². The van der Waals surface area contributed by atoms with Gasteiger partial charge in [0.25, 0.3) is 0 Å². The van der Waals surface area contributed by atoms with Gasteiger partial charge in [0.2, 0.25) is 0 Å². The summed E-state index contributed by atoms with van der Waals surface area (Å²) in [5, 5.41) is 5.75. The molecule has 0 spiro atoms. The molecule has 0 fully saturated rings. The lowest BCUT2D eigenvalue weighted by molar-refractivity contribution is 0.669. The van der Waals surface area contributed by atoms with E-state index in [1.165, 1.54) is 5.56 Å². The van der Waals surface area contributed by atoms with Gasteiger partial charge in [0.15, 0.2) is 0 Å². The number of benzene rings is 3. The van der Waals surface area contributed by atoms with Crippen molar-refractivity contribution in [3.8, 4) is 0 Å². The lowest BCUT2D eigenvalue weighted by atomic mass is 10.1. The number of fused-ring (bicyclic) bond motifs is 3. The molecule has 0 saturated carbocycles. The van der Waals surface area contributed by atoms with Gasteiger partial charge in [-0.3, -0.25) is 0 Å². The molecule has 2 nitrogen and oxygen atoms in total. The minimum atomic E-state index is 0.910. The van der Waals surface area contributed by atoms with E-state index < -0.39 is 0 Å². The highest BCUT2D eigenvalue weighted by Gasteiger charge is 2.08. The summed E-state index contributed by atoms with van der Waals surface area (Å²) in [4.78, 5) is 0. The zero-order chi connectivity index (χ0) is 15.8. The average Bonchev–Trinajstić information content (AvgIpc) is 2.93. The highest BCUT2D eigenvalue weighted by Crippen LogP contribution is 2.32. The summed E-state index contributed by atoms with van der Waals surface area (Å²) in [5.74, 6) is 0. The first kappa shape index (κ1) is 13.6. The molecule has 4 aromatic rings. The van der Waals surface area contributed by atoms with Crippen LogP contribution in [0.15, 0.2) is 71.7 Å². The van der Waals surface area contributed by atoms with Crippen LogP contribution >= 0.6 is 0 Å². The predicted octanol–water partition coefficient (Wildman–Crippen LogP) is 6.28. The number of furan rings is 1. The van der Waals surface area contributed by atoms with E-state index in [4.69, 9.17) is 4.42 Å². The third-order valence-corrected chi connectivity index (χ3v) is 4.08. The van der Waals surface area contributed by atoms with Crippen molar-refractivity contribution in [3.63, 3.8) is 0 Å². The van der Waals surface area contributed by atoms with Crippen molar-refractivity contribution < 1.29 is 4.42 Å². The van der Waals surface area contributed by atoms with E-state index >= 15 is 0 Å². The maximum atomic E-state index is 5.91. The Morgan fingerprint density at radius 3 is 2.48 bits per heavy atom. The van der Waals surface area contributed by atoms with E-state index in [0.717, 1.165) is 38.9 Å². The molecule has 4 rings (SSSR count). The Morgan fingerprint density at radius 2 is 1.65 bits per heavy atom. The fraction of sp³-hybridized carbons (Fsp3) is 0.0476. The quantitative estimate of drug-likeness (QED) is 0.481. The van der Waals surface area contributed by atoms with Gasteiger partial charge >= 0.3 is 0 Å². The Labute approximate surface area is 135 Å². The highest BCUT2D eigenvalue weighted by atomic mass is 16.3. The number of nitrogens with one attached hydrogen (secondary N) is 1. The van der Waals surface area contributed by atoms with Gasteiger partial charge in [-0.15, -0.1) is 0 Å². The SMILES string of the molecule is C=Cc1ccccc1Nc1ccc2oc3ccc(C)cc3c2c1. The second kappa shape index (κ2) is 5.33. The Morgan fingerprint density at radius 1 is 0.913 bits per heavy atom. The smallest absolute Gasteiger partial charge is 0.135 e. The van der Waals surface area contributed by atoms with Crippen LogP contribution in [-0.4, -0.2) is 0 Å². The number of anilines is 2. The maximum absolute atomic E-state index is 5.91. The molecule has 0 aliphatic carbocycles.